The molecule has 1 aliphatic heterocycles. The lowest BCUT2D eigenvalue weighted by Gasteiger charge is -2.26. The van der Waals surface area contributed by atoms with Crippen LogP contribution in [0.4, 0.5) is 11.4 Å². The van der Waals surface area contributed by atoms with Gasteiger partial charge in [-0.15, -0.1) is 0 Å². The second-order valence-corrected chi connectivity index (χ2v) is 6.71. The maximum Gasteiger partial charge on any atom is 0.264 e. The van der Waals surface area contributed by atoms with E-state index in [0.29, 0.717) is 35.7 Å². The summed E-state index contributed by atoms with van der Waals surface area (Å²) in [5.74, 6) is 0.928. The normalized spacial score (nSPS) is 13.4. The molecule has 0 atom stereocenters. The smallest absolute Gasteiger partial charge is 0.264 e. The zero-order valence-corrected chi connectivity index (χ0v) is 15.9. The molecule has 3 heterocycles. The van der Waals surface area contributed by atoms with E-state index in [1.54, 1.807) is 29.8 Å². The van der Waals surface area contributed by atoms with E-state index in [2.05, 4.69) is 20.4 Å². The first-order chi connectivity index (χ1) is 13.4. The van der Waals surface area contributed by atoms with Crippen molar-refractivity contribution in [2.75, 3.05) is 23.9 Å². The van der Waals surface area contributed by atoms with Crippen LogP contribution in [-0.2, 0) is 16.0 Å². The third kappa shape index (κ3) is 3.15. The molecule has 1 aromatic carbocycles. The fourth-order valence-electron chi connectivity index (χ4n) is 3.33. The average Bonchev–Trinajstić information content (AvgIpc) is 3.13. The van der Waals surface area contributed by atoms with Crippen molar-refractivity contribution >= 4 is 29.0 Å². The number of fused-ring (bicyclic) bond motifs is 2. The molecule has 2 amide bonds. The number of hydrogen-bond donors (Lipinski definition) is 1. The second-order valence-electron chi connectivity index (χ2n) is 6.71. The minimum absolute atomic E-state index is 0.0259. The summed E-state index contributed by atoms with van der Waals surface area (Å²) in [7, 11) is 1.69. The molecule has 0 bridgehead atoms. The molecule has 0 spiro atoms. The summed E-state index contributed by atoms with van der Waals surface area (Å²) in [6.07, 6.45) is 2.30. The number of anilines is 2. The fraction of sp³-hybridized carbons (Fsp3) is 0.316. The fourth-order valence-corrected chi connectivity index (χ4v) is 3.33. The Bertz CT molecular complexity index is 1090. The molecule has 9 nitrogen and oxygen atoms in total. The Morgan fingerprint density at radius 2 is 2.14 bits per heavy atom. The van der Waals surface area contributed by atoms with Gasteiger partial charge in [0.1, 0.15) is 12.1 Å². The van der Waals surface area contributed by atoms with Crippen LogP contribution in [0.25, 0.3) is 5.78 Å². The summed E-state index contributed by atoms with van der Waals surface area (Å²) in [6, 6.07) is 5.26. The standard InChI is InChI=1S/C19H20N6O3/c1-11-14(12(2)25-19(22-11)20-10-21-25)5-7-17(26)23-13-4-6-16-15(8-13)24(3)18(27)9-28-16/h4,6,8,10H,5,7,9H2,1-3H3,(H,23,26). The minimum atomic E-state index is -0.127. The van der Waals surface area contributed by atoms with Crippen LogP contribution in [0.2, 0.25) is 0 Å². The van der Waals surface area contributed by atoms with E-state index in [9.17, 15) is 9.59 Å². The summed E-state index contributed by atoms with van der Waals surface area (Å²) in [4.78, 5) is 34.3. The predicted molar refractivity (Wildman–Crippen MR) is 103 cm³/mol. The van der Waals surface area contributed by atoms with Crippen molar-refractivity contribution in [2.45, 2.75) is 26.7 Å². The first kappa shape index (κ1) is 17.9. The number of ether oxygens (including phenoxy) is 1. The number of carbonyl (C=O) groups excluding carboxylic acids is 2. The number of aryl methyl sites for hydroxylation is 2. The molecule has 0 radical (unpaired) electrons. The maximum absolute atomic E-state index is 12.5. The highest BCUT2D eigenvalue weighted by atomic mass is 16.5. The van der Waals surface area contributed by atoms with Gasteiger partial charge in [0.05, 0.1) is 5.69 Å². The van der Waals surface area contributed by atoms with Crippen molar-refractivity contribution < 1.29 is 14.3 Å². The van der Waals surface area contributed by atoms with Crippen molar-refractivity contribution in [1.29, 1.82) is 0 Å². The largest absolute Gasteiger partial charge is 0.482 e. The molecule has 3 aromatic rings. The van der Waals surface area contributed by atoms with Gasteiger partial charge < -0.3 is 15.0 Å². The van der Waals surface area contributed by atoms with Gasteiger partial charge in [0.15, 0.2) is 6.61 Å². The van der Waals surface area contributed by atoms with E-state index in [1.165, 1.54) is 11.2 Å². The average molecular weight is 380 g/mol. The zero-order valence-electron chi connectivity index (χ0n) is 15.9. The lowest BCUT2D eigenvalue weighted by Crippen LogP contribution is -2.35. The monoisotopic (exact) mass is 380 g/mol. The van der Waals surface area contributed by atoms with Crippen LogP contribution >= 0.6 is 0 Å². The second kappa shape index (κ2) is 6.91. The molecule has 0 fully saturated rings. The summed E-state index contributed by atoms with van der Waals surface area (Å²) >= 11 is 0. The van der Waals surface area contributed by atoms with Gasteiger partial charge in [-0.3, -0.25) is 9.59 Å². The Morgan fingerprint density at radius 3 is 2.96 bits per heavy atom. The van der Waals surface area contributed by atoms with E-state index in [0.717, 1.165) is 17.0 Å². The molecular formula is C19H20N6O3. The number of nitrogens with one attached hydrogen (secondary N) is 1. The molecule has 9 heteroatoms. The predicted octanol–water partition coefficient (Wildman–Crippen LogP) is 1.67. The minimum Gasteiger partial charge on any atom is -0.482 e. The molecule has 144 valence electrons. The number of amides is 2. The number of benzene rings is 1. The molecule has 4 rings (SSSR count). The lowest BCUT2D eigenvalue weighted by atomic mass is 10.1. The maximum atomic E-state index is 12.5. The van der Waals surface area contributed by atoms with Gasteiger partial charge in [-0.25, -0.2) is 9.50 Å². The Hall–Kier alpha value is -3.49. The van der Waals surface area contributed by atoms with E-state index in [4.69, 9.17) is 4.74 Å². The van der Waals surface area contributed by atoms with E-state index < -0.39 is 0 Å². The van der Waals surface area contributed by atoms with Gasteiger partial charge in [0.25, 0.3) is 11.7 Å². The number of rotatable bonds is 4. The molecule has 0 saturated carbocycles. The molecule has 28 heavy (non-hydrogen) atoms. The Kier molecular flexibility index (Phi) is 4.42. The van der Waals surface area contributed by atoms with Crippen molar-refractivity contribution in [3.05, 3.63) is 41.5 Å². The summed E-state index contributed by atoms with van der Waals surface area (Å²) < 4.78 is 7.08. The van der Waals surface area contributed by atoms with Gasteiger partial charge in [0, 0.05) is 30.5 Å². The summed E-state index contributed by atoms with van der Waals surface area (Å²) in [5.41, 5.74) is 4.02. The van der Waals surface area contributed by atoms with E-state index in [-0.39, 0.29) is 18.4 Å². The van der Waals surface area contributed by atoms with Gasteiger partial charge in [-0.1, -0.05) is 0 Å². The molecular weight excluding hydrogens is 360 g/mol. The molecule has 1 aliphatic rings. The van der Waals surface area contributed by atoms with Crippen LogP contribution in [0.15, 0.2) is 24.5 Å². The molecule has 1 N–H and O–H groups in total. The van der Waals surface area contributed by atoms with Crippen molar-refractivity contribution in [3.8, 4) is 5.75 Å². The van der Waals surface area contributed by atoms with Crippen LogP contribution in [-0.4, -0.2) is 45.1 Å². The molecule has 2 aromatic heterocycles. The van der Waals surface area contributed by atoms with E-state index >= 15 is 0 Å². The molecule has 0 saturated heterocycles. The van der Waals surface area contributed by atoms with Gasteiger partial charge in [-0.2, -0.15) is 10.1 Å². The van der Waals surface area contributed by atoms with Gasteiger partial charge in [-0.05, 0) is 44.0 Å². The van der Waals surface area contributed by atoms with Crippen molar-refractivity contribution in [2.24, 2.45) is 0 Å². The summed E-state index contributed by atoms with van der Waals surface area (Å²) in [6.45, 7) is 3.88. The quantitative estimate of drug-likeness (QED) is 0.739. The Morgan fingerprint density at radius 1 is 1.32 bits per heavy atom. The van der Waals surface area contributed by atoms with Crippen molar-refractivity contribution in [3.63, 3.8) is 0 Å². The Balaban J connectivity index is 1.46. The number of aromatic nitrogens is 4. The Labute approximate surface area is 161 Å². The number of likely N-dealkylation sites (N-methyl/N-ethyl adjacent to an activating group) is 1. The number of carbonyl (C=O) groups is 2. The van der Waals surface area contributed by atoms with Crippen LogP contribution in [0.3, 0.4) is 0 Å². The number of nitrogens with zero attached hydrogens (tertiary/aromatic N) is 5. The van der Waals surface area contributed by atoms with Crippen LogP contribution in [0.1, 0.15) is 23.4 Å². The first-order valence-corrected chi connectivity index (χ1v) is 8.93. The SMILES string of the molecule is Cc1nc2ncnn2c(C)c1CCC(=O)Nc1ccc2c(c1)N(C)C(=O)CO2. The van der Waals surface area contributed by atoms with Crippen molar-refractivity contribution in [1.82, 2.24) is 19.6 Å². The zero-order chi connectivity index (χ0) is 19.8. The lowest BCUT2D eigenvalue weighted by molar-refractivity contribution is -0.121. The third-order valence-electron chi connectivity index (χ3n) is 4.92. The first-order valence-electron chi connectivity index (χ1n) is 8.93. The van der Waals surface area contributed by atoms with Crippen LogP contribution in [0.5, 0.6) is 5.75 Å². The molecule has 0 aliphatic carbocycles. The highest BCUT2D eigenvalue weighted by Crippen LogP contribution is 2.33. The highest BCUT2D eigenvalue weighted by molar-refractivity contribution is 5.99. The van der Waals surface area contributed by atoms with Gasteiger partial charge in [0.2, 0.25) is 5.91 Å². The topological polar surface area (TPSA) is 102 Å². The highest BCUT2D eigenvalue weighted by Gasteiger charge is 2.22. The van der Waals surface area contributed by atoms with Gasteiger partial charge >= 0.3 is 0 Å². The number of hydrogen-bond acceptors (Lipinski definition) is 6. The molecule has 0 unspecified atom stereocenters. The summed E-state index contributed by atoms with van der Waals surface area (Å²) in [5, 5.41) is 7.05. The van der Waals surface area contributed by atoms with Crippen LogP contribution in [0, 0.1) is 13.8 Å². The van der Waals surface area contributed by atoms with E-state index in [1.807, 2.05) is 13.8 Å². The third-order valence-corrected chi connectivity index (χ3v) is 4.92. The van der Waals surface area contributed by atoms with Crippen LogP contribution < -0.4 is 15.0 Å².